The normalized spacial score (nSPS) is 19.6. The molecule has 0 bridgehead atoms. The molecule has 7 nitrogen and oxygen atoms in total. The van der Waals surface area contributed by atoms with Gasteiger partial charge in [0.1, 0.15) is 5.60 Å². The molecule has 23 heavy (non-hydrogen) atoms. The Hall–Kier alpha value is -2.57. The quantitative estimate of drug-likeness (QED) is 0.791. The lowest BCUT2D eigenvalue weighted by molar-refractivity contribution is -0.139. The van der Waals surface area contributed by atoms with E-state index in [1.54, 1.807) is 45.0 Å². The van der Waals surface area contributed by atoms with Gasteiger partial charge in [0.05, 0.1) is 11.8 Å². The van der Waals surface area contributed by atoms with Crippen LogP contribution in [-0.2, 0) is 14.3 Å². The molecule has 0 heterocycles. The Labute approximate surface area is 134 Å². The van der Waals surface area contributed by atoms with Crippen molar-refractivity contribution in [2.45, 2.75) is 32.8 Å². The number of benzene rings is 1. The molecule has 0 aliphatic heterocycles. The average Bonchev–Trinajstić information content (AvgIpc) is 3.19. The molecule has 1 aliphatic carbocycles. The third-order valence-corrected chi connectivity index (χ3v) is 3.24. The molecule has 1 aliphatic rings. The number of aliphatic carboxylic acids is 1. The number of hydrogen-bond donors (Lipinski definition) is 3. The van der Waals surface area contributed by atoms with Crippen molar-refractivity contribution in [3.8, 4) is 0 Å². The maximum absolute atomic E-state index is 11.8. The summed E-state index contributed by atoms with van der Waals surface area (Å²) in [5.74, 6) is -2.29. The number of carbonyl (C=O) groups excluding carboxylic acids is 2. The highest BCUT2D eigenvalue weighted by atomic mass is 16.6. The summed E-state index contributed by atoms with van der Waals surface area (Å²) < 4.78 is 5.13. The average molecular weight is 320 g/mol. The fraction of sp³-hybridized carbons (Fsp3) is 0.438. The zero-order valence-electron chi connectivity index (χ0n) is 13.3. The van der Waals surface area contributed by atoms with E-state index in [4.69, 9.17) is 9.84 Å². The molecule has 1 fully saturated rings. The van der Waals surface area contributed by atoms with Gasteiger partial charge in [0.2, 0.25) is 5.91 Å². The van der Waals surface area contributed by atoms with Crippen LogP contribution in [0.15, 0.2) is 24.3 Å². The van der Waals surface area contributed by atoms with Crippen LogP contribution in [0.3, 0.4) is 0 Å². The van der Waals surface area contributed by atoms with Gasteiger partial charge in [-0.2, -0.15) is 0 Å². The van der Waals surface area contributed by atoms with Gasteiger partial charge >= 0.3 is 12.1 Å². The molecule has 2 unspecified atom stereocenters. The van der Waals surface area contributed by atoms with E-state index in [0.717, 1.165) is 0 Å². The number of amides is 2. The minimum atomic E-state index is -0.943. The number of anilines is 2. The molecule has 2 rings (SSSR count). The second-order valence-corrected chi connectivity index (χ2v) is 6.48. The lowest BCUT2D eigenvalue weighted by atomic mass is 10.2. The van der Waals surface area contributed by atoms with Crippen molar-refractivity contribution in [3.05, 3.63) is 24.3 Å². The van der Waals surface area contributed by atoms with Crippen molar-refractivity contribution in [2.75, 3.05) is 10.6 Å². The van der Waals surface area contributed by atoms with Crippen LogP contribution in [0.4, 0.5) is 16.2 Å². The smallest absolute Gasteiger partial charge is 0.412 e. The van der Waals surface area contributed by atoms with Gasteiger partial charge in [0.25, 0.3) is 0 Å². The Balaban J connectivity index is 1.86. The molecule has 1 saturated carbocycles. The Morgan fingerprint density at radius 3 is 2.00 bits per heavy atom. The van der Waals surface area contributed by atoms with Crippen LogP contribution in [0, 0.1) is 11.8 Å². The second kappa shape index (κ2) is 6.28. The first-order valence-electron chi connectivity index (χ1n) is 7.29. The fourth-order valence-corrected chi connectivity index (χ4v) is 2.05. The van der Waals surface area contributed by atoms with Gasteiger partial charge in [0, 0.05) is 11.4 Å². The van der Waals surface area contributed by atoms with E-state index in [1.165, 1.54) is 0 Å². The summed E-state index contributed by atoms with van der Waals surface area (Å²) in [6.07, 6.45) is -0.184. The molecule has 0 saturated heterocycles. The van der Waals surface area contributed by atoms with Crippen LogP contribution in [0.5, 0.6) is 0 Å². The van der Waals surface area contributed by atoms with Crippen molar-refractivity contribution in [2.24, 2.45) is 11.8 Å². The molecule has 7 heteroatoms. The molecule has 0 radical (unpaired) electrons. The number of carboxylic acid groups (broad SMARTS) is 1. The van der Waals surface area contributed by atoms with Crippen molar-refractivity contribution >= 4 is 29.3 Å². The minimum Gasteiger partial charge on any atom is -0.481 e. The van der Waals surface area contributed by atoms with Gasteiger partial charge in [-0.1, -0.05) is 0 Å². The van der Waals surface area contributed by atoms with Crippen LogP contribution in [0.1, 0.15) is 27.2 Å². The van der Waals surface area contributed by atoms with Gasteiger partial charge in [-0.05, 0) is 51.5 Å². The Morgan fingerprint density at radius 2 is 1.57 bits per heavy atom. The molecule has 2 amide bonds. The van der Waals surface area contributed by atoms with Gasteiger partial charge < -0.3 is 15.2 Å². The highest BCUT2D eigenvalue weighted by molar-refractivity contribution is 5.98. The van der Waals surface area contributed by atoms with E-state index < -0.39 is 29.5 Å². The van der Waals surface area contributed by atoms with Crippen LogP contribution in [0.25, 0.3) is 0 Å². The van der Waals surface area contributed by atoms with E-state index >= 15 is 0 Å². The summed E-state index contributed by atoms with van der Waals surface area (Å²) in [5.41, 5.74) is 0.496. The molecular formula is C16H20N2O5. The second-order valence-electron chi connectivity index (χ2n) is 6.48. The van der Waals surface area contributed by atoms with E-state index in [2.05, 4.69) is 10.6 Å². The van der Waals surface area contributed by atoms with Crippen LogP contribution in [0.2, 0.25) is 0 Å². The highest BCUT2D eigenvalue weighted by Crippen LogP contribution is 2.39. The number of hydrogen-bond acceptors (Lipinski definition) is 4. The van der Waals surface area contributed by atoms with Gasteiger partial charge in [-0.15, -0.1) is 0 Å². The van der Waals surface area contributed by atoms with Gasteiger partial charge in [-0.3, -0.25) is 14.9 Å². The van der Waals surface area contributed by atoms with Crippen molar-refractivity contribution in [3.63, 3.8) is 0 Å². The van der Waals surface area contributed by atoms with E-state index in [-0.39, 0.29) is 5.91 Å². The first-order chi connectivity index (χ1) is 10.7. The maximum Gasteiger partial charge on any atom is 0.412 e. The lowest BCUT2D eigenvalue weighted by Crippen LogP contribution is -2.27. The third kappa shape index (κ3) is 4.98. The number of nitrogens with one attached hydrogen (secondary N) is 2. The fourth-order valence-electron chi connectivity index (χ4n) is 2.05. The standard InChI is InChI=1S/C16H20N2O5/c1-16(2,3)23-15(22)18-10-6-4-9(5-7-10)17-13(19)11-8-12(11)14(20)21/h4-7,11-12H,8H2,1-3H3,(H,17,19)(H,18,22)(H,20,21). The van der Waals surface area contributed by atoms with Crippen LogP contribution < -0.4 is 10.6 Å². The summed E-state index contributed by atoms with van der Waals surface area (Å²) in [4.78, 5) is 34.2. The molecule has 1 aromatic rings. The lowest BCUT2D eigenvalue weighted by Gasteiger charge is -2.19. The highest BCUT2D eigenvalue weighted by Gasteiger charge is 2.48. The zero-order chi connectivity index (χ0) is 17.2. The molecule has 2 atom stereocenters. The van der Waals surface area contributed by atoms with Gasteiger partial charge in [0.15, 0.2) is 0 Å². The molecule has 3 N–H and O–H groups in total. The summed E-state index contributed by atoms with van der Waals surface area (Å²) in [6.45, 7) is 5.31. The summed E-state index contributed by atoms with van der Waals surface area (Å²) in [6, 6.07) is 6.51. The van der Waals surface area contributed by atoms with E-state index in [9.17, 15) is 14.4 Å². The van der Waals surface area contributed by atoms with E-state index in [0.29, 0.717) is 17.8 Å². The zero-order valence-corrected chi connectivity index (χ0v) is 13.3. The largest absolute Gasteiger partial charge is 0.481 e. The molecule has 0 spiro atoms. The monoisotopic (exact) mass is 320 g/mol. The number of carboxylic acids is 1. The number of ether oxygens (including phenoxy) is 1. The van der Waals surface area contributed by atoms with Gasteiger partial charge in [-0.25, -0.2) is 4.79 Å². The van der Waals surface area contributed by atoms with Crippen LogP contribution >= 0.6 is 0 Å². The summed E-state index contributed by atoms with van der Waals surface area (Å²) in [7, 11) is 0. The van der Waals surface area contributed by atoms with Crippen LogP contribution in [-0.4, -0.2) is 28.7 Å². The van der Waals surface area contributed by atoms with Crippen molar-refractivity contribution in [1.82, 2.24) is 0 Å². The molecule has 1 aromatic carbocycles. The van der Waals surface area contributed by atoms with Crippen molar-refractivity contribution < 1.29 is 24.2 Å². The molecule has 0 aromatic heterocycles. The number of carbonyl (C=O) groups is 3. The van der Waals surface area contributed by atoms with Crippen molar-refractivity contribution in [1.29, 1.82) is 0 Å². The first-order valence-corrected chi connectivity index (χ1v) is 7.29. The maximum atomic E-state index is 11.8. The summed E-state index contributed by atoms with van der Waals surface area (Å²) in [5, 5.41) is 14.1. The molecular weight excluding hydrogens is 300 g/mol. The predicted octanol–water partition coefficient (Wildman–Crippen LogP) is 2.69. The number of rotatable bonds is 4. The SMILES string of the molecule is CC(C)(C)OC(=O)Nc1ccc(NC(=O)C2CC2C(=O)O)cc1. The Kier molecular flexibility index (Phi) is 4.58. The first kappa shape index (κ1) is 16.8. The van der Waals surface area contributed by atoms with E-state index in [1.807, 2.05) is 0 Å². The Bertz CT molecular complexity index is 618. The molecule has 124 valence electrons. The topological polar surface area (TPSA) is 105 Å². The third-order valence-electron chi connectivity index (χ3n) is 3.24. The Morgan fingerprint density at radius 1 is 1.04 bits per heavy atom. The predicted molar refractivity (Wildman–Crippen MR) is 84.2 cm³/mol. The summed E-state index contributed by atoms with van der Waals surface area (Å²) >= 11 is 0. The minimum absolute atomic E-state index is 0.301.